The van der Waals surface area contributed by atoms with Gasteiger partial charge in [-0.05, 0) is 0 Å². The van der Waals surface area contributed by atoms with Crippen LogP contribution in [0, 0.1) is 0 Å². The van der Waals surface area contributed by atoms with Crippen molar-refractivity contribution in [1.82, 2.24) is 0 Å². The molecule has 1 saturated heterocycles. The monoisotopic (exact) mass is 194 g/mol. The second kappa shape index (κ2) is 4.32. The van der Waals surface area contributed by atoms with Gasteiger partial charge >= 0.3 is 0 Å². The van der Waals surface area contributed by atoms with Crippen LogP contribution in [0.5, 0.6) is 0 Å². The van der Waals surface area contributed by atoms with Crippen LogP contribution in [-0.4, -0.2) is 64.8 Å². The normalized spacial score (nSPS) is 46.4. The Morgan fingerprint density at radius 1 is 1.23 bits per heavy atom. The molecule has 1 heterocycles. The Hall–Kier alpha value is -0.240. The molecule has 0 amide bonds. The molecule has 78 valence electrons. The molecule has 1 aliphatic rings. The summed E-state index contributed by atoms with van der Waals surface area (Å²) in [4.78, 5) is 0. The van der Waals surface area contributed by atoms with Crippen LogP contribution in [0.1, 0.15) is 0 Å². The highest BCUT2D eigenvalue weighted by atomic mass is 16.6. The van der Waals surface area contributed by atoms with Crippen LogP contribution >= 0.6 is 0 Å². The Kier molecular flexibility index (Phi) is 3.60. The average molecular weight is 194 g/mol. The zero-order valence-corrected chi connectivity index (χ0v) is 7.20. The second-order valence-corrected chi connectivity index (χ2v) is 2.93. The number of hydrogen-bond donors (Lipinski definition) is 4. The van der Waals surface area contributed by atoms with Crippen molar-refractivity contribution in [2.75, 3.05) is 13.7 Å². The zero-order valence-electron chi connectivity index (χ0n) is 7.20. The Labute approximate surface area is 75.3 Å². The maximum Gasteiger partial charge on any atom is 0.184 e. The maximum absolute atomic E-state index is 9.38. The van der Waals surface area contributed by atoms with Crippen molar-refractivity contribution in [3.05, 3.63) is 0 Å². The Balaban J connectivity index is 2.69. The van der Waals surface area contributed by atoms with E-state index in [1.165, 1.54) is 7.11 Å². The van der Waals surface area contributed by atoms with Gasteiger partial charge in [0.25, 0.3) is 0 Å². The van der Waals surface area contributed by atoms with Crippen LogP contribution < -0.4 is 0 Å². The highest BCUT2D eigenvalue weighted by Crippen LogP contribution is 2.21. The highest BCUT2D eigenvalue weighted by molar-refractivity contribution is 4.89. The van der Waals surface area contributed by atoms with E-state index in [0.717, 1.165) is 0 Å². The Morgan fingerprint density at radius 3 is 2.31 bits per heavy atom. The number of aliphatic hydroxyl groups excluding tert-OH is 4. The largest absolute Gasteiger partial charge is 0.394 e. The number of rotatable bonds is 2. The minimum atomic E-state index is -1.49. The first kappa shape index (κ1) is 10.8. The molecule has 5 atom stereocenters. The van der Waals surface area contributed by atoms with E-state index in [9.17, 15) is 10.2 Å². The molecule has 13 heavy (non-hydrogen) atoms. The van der Waals surface area contributed by atoms with E-state index in [1.54, 1.807) is 0 Å². The van der Waals surface area contributed by atoms with Crippen molar-refractivity contribution in [1.29, 1.82) is 0 Å². The van der Waals surface area contributed by atoms with Gasteiger partial charge in [0.2, 0.25) is 0 Å². The third kappa shape index (κ3) is 1.98. The summed E-state index contributed by atoms with van der Waals surface area (Å²) < 4.78 is 9.61. The fraction of sp³-hybridized carbons (Fsp3) is 1.00. The van der Waals surface area contributed by atoms with E-state index >= 15 is 0 Å². The molecule has 0 bridgehead atoms. The molecule has 6 nitrogen and oxygen atoms in total. The van der Waals surface area contributed by atoms with Gasteiger partial charge in [-0.15, -0.1) is 0 Å². The van der Waals surface area contributed by atoms with Crippen molar-refractivity contribution in [3.63, 3.8) is 0 Å². The second-order valence-electron chi connectivity index (χ2n) is 2.93. The predicted molar refractivity (Wildman–Crippen MR) is 40.8 cm³/mol. The molecule has 0 aliphatic carbocycles. The number of methoxy groups -OCH3 is 1. The summed E-state index contributed by atoms with van der Waals surface area (Å²) in [6.07, 6.45) is -5.81. The van der Waals surface area contributed by atoms with Crippen molar-refractivity contribution < 1.29 is 29.9 Å². The molecule has 0 aromatic carbocycles. The molecule has 1 aliphatic heterocycles. The van der Waals surface area contributed by atoms with E-state index < -0.39 is 30.7 Å². The van der Waals surface area contributed by atoms with Gasteiger partial charge in [0.05, 0.1) is 6.61 Å². The Bertz CT molecular complexity index is 161. The van der Waals surface area contributed by atoms with Gasteiger partial charge in [0.15, 0.2) is 6.29 Å². The molecule has 0 aromatic heterocycles. The van der Waals surface area contributed by atoms with Crippen molar-refractivity contribution >= 4 is 0 Å². The lowest BCUT2D eigenvalue weighted by Gasteiger charge is -2.39. The minimum Gasteiger partial charge on any atom is -0.394 e. The maximum atomic E-state index is 9.38. The summed E-state index contributed by atoms with van der Waals surface area (Å²) in [5.41, 5.74) is 0. The van der Waals surface area contributed by atoms with Crippen molar-refractivity contribution in [3.8, 4) is 0 Å². The topological polar surface area (TPSA) is 99.4 Å². The van der Waals surface area contributed by atoms with Crippen LogP contribution in [-0.2, 0) is 9.47 Å². The summed E-state index contributed by atoms with van der Waals surface area (Å²) in [6, 6.07) is 0. The van der Waals surface area contributed by atoms with E-state index in [4.69, 9.17) is 19.7 Å². The molecule has 0 aromatic rings. The smallest absolute Gasteiger partial charge is 0.184 e. The predicted octanol–water partition coefficient (Wildman–Crippen LogP) is -2.57. The lowest BCUT2D eigenvalue weighted by Crippen LogP contribution is -2.59. The summed E-state index contributed by atoms with van der Waals surface area (Å²) in [7, 11) is 1.32. The minimum absolute atomic E-state index is 0.390. The fourth-order valence-corrected chi connectivity index (χ4v) is 1.36. The third-order valence-corrected chi connectivity index (χ3v) is 2.11. The summed E-state index contributed by atoms with van der Waals surface area (Å²) in [5, 5.41) is 36.4. The van der Waals surface area contributed by atoms with Crippen LogP contribution in [0.4, 0.5) is 0 Å². The number of aliphatic hydroxyl groups is 4. The van der Waals surface area contributed by atoms with Gasteiger partial charge < -0.3 is 29.9 Å². The van der Waals surface area contributed by atoms with Crippen molar-refractivity contribution in [2.45, 2.75) is 30.7 Å². The molecule has 0 radical (unpaired) electrons. The van der Waals surface area contributed by atoms with Crippen molar-refractivity contribution in [2.24, 2.45) is 0 Å². The zero-order chi connectivity index (χ0) is 10.0. The fourth-order valence-electron chi connectivity index (χ4n) is 1.36. The molecule has 0 saturated carbocycles. The van der Waals surface area contributed by atoms with Gasteiger partial charge in [-0.2, -0.15) is 0 Å². The Morgan fingerprint density at radius 2 is 1.85 bits per heavy atom. The standard InChI is InChI=1S/C7H14O6/c1-12-6-3(2-8)13-7(11)5(10)4(6)9/h3-11H,2H2,1H3/t3?,4?,5?,6-,7-/m1/s1. The van der Waals surface area contributed by atoms with Crippen LogP contribution in [0.15, 0.2) is 0 Å². The van der Waals surface area contributed by atoms with Gasteiger partial charge in [-0.1, -0.05) is 0 Å². The first-order valence-corrected chi connectivity index (χ1v) is 3.95. The molecule has 4 N–H and O–H groups in total. The first-order valence-electron chi connectivity index (χ1n) is 3.95. The van der Waals surface area contributed by atoms with Gasteiger partial charge in [0, 0.05) is 7.11 Å². The molecule has 0 spiro atoms. The lowest BCUT2D eigenvalue weighted by molar-refractivity contribution is -0.290. The average Bonchev–Trinajstić information content (AvgIpc) is 2.13. The van der Waals surface area contributed by atoms with E-state index in [2.05, 4.69) is 0 Å². The van der Waals surface area contributed by atoms with Gasteiger partial charge in [-0.3, -0.25) is 0 Å². The van der Waals surface area contributed by atoms with Gasteiger partial charge in [0.1, 0.15) is 24.4 Å². The van der Waals surface area contributed by atoms with Gasteiger partial charge in [-0.25, -0.2) is 0 Å². The molecule has 1 fully saturated rings. The summed E-state index contributed by atoms with van der Waals surface area (Å²) in [6.45, 7) is -0.390. The van der Waals surface area contributed by atoms with E-state index in [-0.39, 0.29) is 6.61 Å². The first-order chi connectivity index (χ1) is 6.11. The molecule has 6 heteroatoms. The van der Waals surface area contributed by atoms with E-state index in [1.807, 2.05) is 0 Å². The highest BCUT2D eigenvalue weighted by Gasteiger charge is 2.43. The van der Waals surface area contributed by atoms with E-state index in [0.29, 0.717) is 0 Å². The molecular weight excluding hydrogens is 180 g/mol. The van der Waals surface area contributed by atoms with Crippen LogP contribution in [0.2, 0.25) is 0 Å². The number of ether oxygens (including phenoxy) is 2. The summed E-state index contributed by atoms with van der Waals surface area (Å²) >= 11 is 0. The molecular formula is C7H14O6. The van der Waals surface area contributed by atoms with Crippen LogP contribution in [0.3, 0.4) is 0 Å². The molecule has 1 rings (SSSR count). The number of hydrogen-bond acceptors (Lipinski definition) is 6. The lowest BCUT2D eigenvalue weighted by atomic mass is 9.99. The summed E-state index contributed by atoms with van der Waals surface area (Å²) in [5.74, 6) is 0. The quantitative estimate of drug-likeness (QED) is 0.386. The SMILES string of the molecule is CO[C@@H]1C(CO)O[C@@H](O)C(O)C1O. The van der Waals surface area contributed by atoms with Crippen LogP contribution in [0.25, 0.3) is 0 Å². The third-order valence-electron chi connectivity index (χ3n) is 2.11. The molecule has 3 unspecified atom stereocenters.